The Morgan fingerprint density at radius 1 is 1.14 bits per heavy atom. The molecule has 4 heteroatoms. The summed E-state index contributed by atoms with van der Waals surface area (Å²) in [4.78, 5) is 0. The van der Waals surface area contributed by atoms with Gasteiger partial charge in [-0.05, 0) is 53.9 Å². The van der Waals surface area contributed by atoms with Crippen LogP contribution in [0, 0.1) is 12.7 Å². The maximum absolute atomic E-state index is 13.3. The highest BCUT2D eigenvalue weighted by Crippen LogP contribution is 2.36. The quantitative estimate of drug-likeness (QED) is 0.942. The van der Waals surface area contributed by atoms with Crippen LogP contribution < -0.4 is 9.47 Å². The van der Waals surface area contributed by atoms with E-state index in [0.717, 1.165) is 11.1 Å². The molecule has 3 nitrogen and oxygen atoms in total. The van der Waals surface area contributed by atoms with Crippen LogP contribution in [0.5, 0.6) is 11.5 Å². The molecular weight excluding hydrogens is 271 g/mol. The molecule has 0 aromatic heterocycles. The Hall–Kier alpha value is -2.07. The average molecular weight is 288 g/mol. The van der Waals surface area contributed by atoms with E-state index in [1.54, 1.807) is 26.2 Å². The topological polar surface area (TPSA) is 38.7 Å². The molecule has 3 rings (SSSR count). The summed E-state index contributed by atoms with van der Waals surface area (Å²) in [5.41, 5.74) is 2.41. The number of fused-ring (bicyclic) bond motifs is 1. The summed E-state index contributed by atoms with van der Waals surface area (Å²) >= 11 is 0. The van der Waals surface area contributed by atoms with Crippen molar-refractivity contribution in [3.63, 3.8) is 0 Å². The minimum absolute atomic E-state index is 0.262. The third kappa shape index (κ3) is 2.59. The third-order valence-electron chi connectivity index (χ3n) is 3.86. The first-order valence-electron chi connectivity index (χ1n) is 6.86. The standard InChI is InChI=1S/C17H17FO3/c1-10-7-13(5-6-15(10)18)21-16-8-11-3-4-12(20-2)9-14(11)17(16)19/h3-7,9,16-17,19H,8H2,1-2H3. The monoisotopic (exact) mass is 288 g/mol. The summed E-state index contributed by atoms with van der Waals surface area (Å²) in [6.07, 6.45) is -0.450. The van der Waals surface area contributed by atoms with Crippen LogP contribution in [0.1, 0.15) is 22.8 Å². The molecule has 0 fully saturated rings. The number of hydrogen-bond acceptors (Lipinski definition) is 3. The lowest BCUT2D eigenvalue weighted by Gasteiger charge is -2.18. The molecule has 0 spiro atoms. The number of ether oxygens (including phenoxy) is 2. The van der Waals surface area contributed by atoms with Gasteiger partial charge in [-0.1, -0.05) is 6.07 Å². The molecular formula is C17H17FO3. The van der Waals surface area contributed by atoms with Crippen LogP contribution in [-0.2, 0) is 6.42 Å². The highest BCUT2D eigenvalue weighted by Gasteiger charge is 2.33. The fourth-order valence-corrected chi connectivity index (χ4v) is 2.66. The third-order valence-corrected chi connectivity index (χ3v) is 3.86. The average Bonchev–Trinajstić information content (AvgIpc) is 2.79. The van der Waals surface area contributed by atoms with E-state index in [-0.39, 0.29) is 11.9 Å². The van der Waals surface area contributed by atoms with E-state index in [1.165, 1.54) is 6.07 Å². The van der Waals surface area contributed by atoms with Crippen molar-refractivity contribution in [3.05, 3.63) is 58.9 Å². The van der Waals surface area contributed by atoms with Gasteiger partial charge in [-0.25, -0.2) is 4.39 Å². The number of aliphatic hydroxyl groups excluding tert-OH is 1. The van der Waals surface area contributed by atoms with E-state index >= 15 is 0 Å². The molecule has 0 amide bonds. The number of rotatable bonds is 3. The highest BCUT2D eigenvalue weighted by atomic mass is 19.1. The summed E-state index contributed by atoms with van der Waals surface area (Å²) in [7, 11) is 1.60. The molecule has 110 valence electrons. The minimum atomic E-state index is -0.708. The Morgan fingerprint density at radius 3 is 2.62 bits per heavy atom. The summed E-state index contributed by atoms with van der Waals surface area (Å²) in [5, 5.41) is 10.4. The van der Waals surface area contributed by atoms with Gasteiger partial charge in [-0.3, -0.25) is 0 Å². The van der Waals surface area contributed by atoms with E-state index < -0.39 is 6.10 Å². The lowest BCUT2D eigenvalue weighted by Crippen LogP contribution is -2.21. The first-order chi connectivity index (χ1) is 10.1. The molecule has 2 atom stereocenters. The van der Waals surface area contributed by atoms with E-state index in [4.69, 9.17) is 9.47 Å². The highest BCUT2D eigenvalue weighted by molar-refractivity contribution is 5.42. The first kappa shape index (κ1) is 13.9. The zero-order chi connectivity index (χ0) is 15.0. The molecule has 1 aliphatic carbocycles. The number of aliphatic hydroxyl groups is 1. The molecule has 0 radical (unpaired) electrons. The van der Waals surface area contributed by atoms with Crippen molar-refractivity contribution in [2.24, 2.45) is 0 Å². The van der Waals surface area contributed by atoms with Gasteiger partial charge in [-0.15, -0.1) is 0 Å². The maximum atomic E-state index is 13.3. The molecule has 0 saturated carbocycles. The molecule has 0 saturated heterocycles. The van der Waals surface area contributed by atoms with Gasteiger partial charge in [0.1, 0.15) is 29.5 Å². The van der Waals surface area contributed by atoms with Crippen molar-refractivity contribution in [2.75, 3.05) is 7.11 Å². The molecule has 1 N–H and O–H groups in total. The second-order valence-electron chi connectivity index (χ2n) is 5.28. The molecule has 1 aliphatic rings. The summed E-state index contributed by atoms with van der Waals surface area (Å²) < 4.78 is 24.3. The number of methoxy groups -OCH3 is 1. The molecule has 2 aromatic carbocycles. The van der Waals surface area contributed by atoms with Gasteiger partial charge >= 0.3 is 0 Å². The number of aryl methyl sites for hydroxylation is 1. The van der Waals surface area contributed by atoms with Crippen molar-refractivity contribution in [3.8, 4) is 11.5 Å². The Bertz CT molecular complexity index is 669. The number of hydrogen-bond donors (Lipinski definition) is 1. The van der Waals surface area contributed by atoms with E-state index in [0.29, 0.717) is 23.5 Å². The second kappa shape index (κ2) is 5.37. The van der Waals surface area contributed by atoms with Crippen LogP contribution in [0.25, 0.3) is 0 Å². The lowest BCUT2D eigenvalue weighted by atomic mass is 10.1. The second-order valence-corrected chi connectivity index (χ2v) is 5.28. The predicted octanol–water partition coefficient (Wildman–Crippen LogP) is 3.18. The largest absolute Gasteiger partial charge is 0.497 e. The van der Waals surface area contributed by atoms with E-state index in [1.807, 2.05) is 18.2 Å². The zero-order valence-electron chi connectivity index (χ0n) is 12.0. The van der Waals surface area contributed by atoms with Crippen LogP contribution in [0.2, 0.25) is 0 Å². The van der Waals surface area contributed by atoms with Crippen LogP contribution in [0.15, 0.2) is 36.4 Å². The Labute approximate surface area is 122 Å². The summed E-state index contributed by atoms with van der Waals surface area (Å²) in [5.74, 6) is 1.02. The van der Waals surface area contributed by atoms with Crippen molar-refractivity contribution < 1.29 is 19.0 Å². The fourth-order valence-electron chi connectivity index (χ4n) is 2.66. The lowest BCUT2D eigenvalue weighted by molar-refractivity contribution is 0.0492. The van der Waals surface area contributed by atoms with Crippen molar-refractivity contribution in [2.45, 2.75) is 25.6 Å². The van der Waals surface area contributed by atoms with Crippen molar-refractivity contribution in [1.82, 2.24) is 0 Å². The van der Waals surface area contributed by atoms with Crippen molar-refractivity contribution >= 4 is 0 Å². The Kier molecular flexibility index (Phi) is 3.55. The van der Waals surface area contributed by atoms with Crippen LogP contribution in [0.3, 0.4) is 0 Å². The number of halogens is 1. The minimum Gasteiger partial charge on any atom is -0.497 e. The van der Waals surface area contributed by atoms with Gasteiger partial charge < -0.3 is 14.6 Å². The van der Waals surface area contributed by atoms with E-state index in [2.05, 4.69) is 0 Å². The SMILES string of the molecule is COc1ccc2c(c1)C(O)C(Oc1ccc(F)c(C)c1)C2. The summed E-state index contributed by atoms with van der Waals surface area (Å²) in [6, 6.07) is 10.2. The zero-order valence-corrected chi connectivity index (χ0v) is 12.0. The number of benzene rings is 2. The first-order valence-corrected chi connectivity index (χ1v) is 6.86. The van der Waals surface area contributed by atoms with Gasteiger partial charge in [0, 0.05) is 6.42 Å². The van der Waals surface area contributed by atoms with Gasteiger partial charge in [-0.2, -0.15) is 0 Å². The van der Waals surface area contributed by atoms with Gasteiger partial charge in [0.15, 0.2) is 0 Å². The molecule has 2 aromatic rings. The van der Waals surface area contributed by atoms with Crippen LogP contribution in [-0.4, -0.2) is 18.3 Å². The van der Waals surface area contributed by atoms with Crippen LogP contribution >= 0.6 is 0 Å². The van der Waals surface area contributed by atoms with Gasteiger partial charge in [0.05, 0.1) is 7.11 Å². The predicted molar refractivity (Wildman–Crippen MR) is 77.2 cm³/mol. The Balaban J connectivity index is 1.81. The molecule has 21 heavy (non-hydrogen) atoms. The molecule has 2 unspecified atom stereocenters. The molecule has 0 bridgehead atoms. The van der Waals surface area contributed by atoms with Gasteiger partial charge in [0.25, 0.3) is 0 Å². The normalized spacial score (nSPS) is 20.2. The molecule has 0 aliphatic heterocycles. The van der Waals surface area contributed by atoms with Crippen LogP contribution in [0.4, 0.5) is 4.39 Å². The molecule has 0 heterocycles. The summed E-state index contributed by atoms with van der Waals surface area (Å²) in [6.45, 7) is 1.69. The van der Waals surface area contributed by atoms with Crippen molar-refractivity contribution in [1.29, 1.82) is 0 Å². The Morgan fingerprint density at radius 2 is 1.90 bits per heavy atom. The fraction of sp³-hybridized carbons (Fsp3) is 0.294. The maximum Gasteiger partial charge on any atom is 0.133 e. The smallest absolute Gasteiger partial charge is 0.133 e. The van der Waals surface area contributed by atoms with Gasteiger partial charge in [0.2, 0.25) is 0 Å². The van der Waals surface area contributed by atoms with E-state index in [9.17, 15) is 9.50 Å².